The van der Waals surface area contributed by atoms with Crippen molar-refractivity contribution in [2.45, 2.75) is 13.2 Å². The van der Waals surface area contributed by atoms with Crippen LogP contribution in [0, 0.1) is 10.1 Å². The van der Waals surface area contributed by atoms with Crippen LogP contribution in [0.2, 0.25) is 0 Å². The normalized spacial score (nSPS) is 14.5. The van der Waals surface area contributed by atoms with E-state index in [1.54, 1.807) is 36.3 Å². The van der Waals surface area contributed by atoms with Gasteiger partial charge < -0.3 is 9.47 Å². The molecule has 1 aliphatic rings. The standard InChI is InChI=1S/C25H19BrN2O5S2/c1-32-20-9-4-16(5-10-20)14-27-24(29)23(35-25(27)34)13-18-6-11-22(21(26)12-18)33-15-17-2-7-19(8-3-17)28(30)31/h2-13H,14-15H2,1H3/b23-13-. The number of benzene rings is 3. The summed E-state index contributed by atoms with van der Waals surface area (Å²) >= 11 is 10.2. The number of thioether (sulfide) groups is 1. The number of nitro benzene ring substituents is 1. The molecule has 0 aromatic heterocycles. The lowest BCUT2D eigenvalue weighted by Crippen LogP contribution is -2.27. The Morgan fingerprint density at radius 2 is 1.77 bits per heavy atom. The summed E-state index contributed by atoms with van der Waals surface area (Å²) in [7, 11) is 1.61. The molecule has 0 bridgehead atoms. The van der Waals surface area contributed by atoms with Crippen LogP contribution in [0.25, 0.3) is 6.08 Å². The first-order chi connectivity index (χ1) is 16.8. The minimum atomic E-state index is -0.438. The van der Waals surface area contributed by atoms with Crippen LogP contribution in [-0.4, -0.2) is 27.2 Å². The molecule has 0 saturated carbocycles. The topological polar surface area (TPSA) is 81.9 Å². The Kier molecular flexibility index (Phi) is 7.84. The van der Waals surface area contributed by atoms with Crippen LogP contribution >= 0.6 is 39.9 Å². The van der Waals surface area contributed by atoms with Crippen LogP contribution in [0.5, 0.6) is 11.5 Å². The van der Waals surface area contributed by atoms with Crippen LogP contribution in [0.1, 0.15) is 16.7 Å². The fourth-order valence-electron chi connectivity index (χ4n) is 3.30. The SMILES string of the molecule is COc1ccc(CN2C(=O)/C(=C/c3ccc(OCc4ccc([N+](=O)[O-])cc4)c(Br)c3)SC2=S)cc1. The highest BCUT2D eigenvalue weighted by atomic mass is 79.9. The first-order valence-corrected chi connectivity index (χ1v) is 12.4. The molecule has 0 aliphatic carbocycles. The number of thiocarbonyl (C=S) groups is 1. The fourth-order valence-corrected chi connectivity index (χ4v) is 5.07. The van der Waals surface area contributed by atoms with Gasteiger partial charge in [0.25, 0.3) is 11.6 Å². The fraction of sp³-hybridized carbons (Fsp3) is 0.120. The summed E-state index contributed by atoms with van der Waals surface area (Å²) in [5.41, 5.74) is 2.63. The highest BCUT2D eigenvalue weighted by Crippen LogP contribution is 2.35. The van der Waals surface area contributed by atoms with Crippen LogP contribution in [0.15, 0.2) is 76.1 Å². The summed E-state index contributed by atoms with van der Waals surface area (Å²) < 4.78 is 12.3. The highest BCUT2D eigenvalue weighted by Gasteiger charge is 2.32. The molecule has 3 aromatic rings. The van der Waals surface area contributed by atoms with Crippen molar-refractivity contribution < 1.29 is 19.2 Å². The number of nitro groups is 1. The third kappa shape index (κ3) is 6.08. The molecule has 1 amide bonds. The Balaban J connectivity index is 1.41. The van der Waals surface area contributed by atoms with Crippen molar-refractivity contribution in [3.8, 4) is 11.5 Å². The molecule has 0 spiro atoms. The summed E-state index contributed by atoms with van der Waals surface area (Å²) in [6.45, 7) is 0.658. The molecule has 3 aromatic carbocycles. The van der Waals surface area contributed by atoms with Gasteiger partial charge in [0.2, 0.25) is 0 Å². The first kappa shape index (κ1) is 24.9. The number of carbonyl (C=O) groups excluding carboxylic acids is 1. The number of carbonyl (C=O) groups is 1. The number of hydrogen-bond acceptors (Lipinski definition) is 7. The van der Waals surface area contributed by atoms with Gasteiger partial charge in [0.05, 0.1) is 28.0 Å². The Labute approximate surface area is 220 Å². The lowest BCUT2D eigenvalue weighted by Gasteiger charge is -2.14. The second-order valence-corrected chi connectivity index (χ2v) is 10.0. The zero-order chi connectivity index (χ0) is 24.9. The summed E-state index contributed by atoms with van der Waals surface area (Å²) in [6, 6.07) is 19.3. The molecule has 10 heteroatoms. The van der Waals surface area contributed by atoms with E-state index < -0.39 is 4.92 Å². The minimum Gasteiger partial charge on any atom is -0.497 e. The number of ether oxygens (including phenoxy) is 2. The summed E-state index contributed by atoms with van der Waals surface area (Å²) in [5, 5.41) is 10.8. The number of nitrogens with zero attached hydrogens (tertiary/aromatic N) is 2. The van der Waals surface area contributed by atoms with E-state index in [9.17, 15) is 14.9 Å². The summed E-state index contributed by atoms with van der Waals surface area (Å²) in [5.74, 6) is 1.24. The summed E-state index contributed by atoms with van der Waals surface area (Å²) in [4.78, 5) is 25.5. The molecule has 0 radical (unpaired) electrons. The van der Waals surface area contributed by atoms with E-state index in [1.165, 1.54) is 23.9 Å². The van der Waals surface area contributed by atoms with Crippen LogP contribution in [0.3, 0.4) is 0 Å². The van der Waals surface area contributed by atoms with Crippen molar-refractivity contribution in [1.82, 2.24) is 4.90 Å². The van der Waals surface area contributed by atoms with Crippen LogP contribution < -0.4 is 9.47 Å². The van der Waals surface area contributed by atoms with Gasteiger partial charge in [-0.25, -0.2) is 0 Å². The Morgan fingerprint density at radius 1 is 1.09 bits per heavy atom. The van der Waals surface area contributed by atoms with E-state index in [0.29, 0.717) is 21.5 Å². The molecule has 35 heavy (non-hydrogen) atoms. The maximum absolute atomic E-state index is 13.0. The highest BCUT2D eigenvalue weighted by molar-refractivity contribution is 9.10. The zero-order valence-corrected chi connectivity index (χ0v) is 21.7. The van der Waals surface area contributed by atoms with Gasteiger partial charge in [0.1, 0.15) is 22.4 Å². The maximum atomic E-state index is 13.0. The van der Waals surface area contributed by atoms with Crippen molar-refractivity contribution in [1.29, 1.82) is 0 Å². The van der Waals surface area contributed by atoms with Crippen LogP contribution in [-0.2, 0) is 17.9 Å². The molecule has 178 valence electrons. The van der Waals surface area contributed by atoms with Gasteiger partial charge in [-0.1, -0.05) is 42.2 Å². The van der Waals surface area contributed by atoms with E-state index in [1.807, 2.05) is 36.4 Å². The van der Waals surface area contributed by atoms with Gasteiger partial charge in [0, 0.05) is 12.1 Å². The number of methoxy groups -OCH3 is 1. The van der Waals surface area contributed by atoms with Gasteiger partial charge in [-0.05, 0) is 75.1 Å². The molecule has 1 saturated heterocycles. The average Bonchev–Trinajstić information content (AvgIpc) is 3.11. The molecule has 1 fully saturated rings. The van der Waals surface area contributed by atoms with Gasteiger partial charge in [-0.2, -0.15) is 0 Å². The smallest absolute Gasteiger partial charge is 0.269 e. The summed E-state index contributed by atoms with van der Waals surface area (Å²) in [6.07, 6.45) is 1.80. The lowest BCUT2D eigenvalue weighted by molar-refractivity contribution is -0.384. The van der Waals surface area contributed by atoms with E-state index >= 15 is 0 Å². The molecule has 1 aliphatic heterocycles. The monoisotopic (exact) mass is 570 g/mol. The van der Waals surface area contributed by atoms with Crippen molar-refractivity contribution >= 4 is 61.9 Å². The first-order valence-electron chi connectivity index (χ1n) is 10.4. The zero-order valence-electron chi connectivity index (χ0n) is 18.5. The quantitative estimate of drug-likeness (QED) is 0.135. The molecule has 1 heterocycles. The predicted octanol–water partition coefficient (Wildman–Crippen LogP) is 6.35. The third-order valence-corrected chi connectivity index (χ3v) is 7.17. The van der Waals surface area contributed by atoms with E-state index in [4.69, 9.17) is 21.7 Å². The Bertz CT molecular complexity index is 1310. The van der Waals surface area contributed by atoms with Gasteiger partial charge in [0.15, 0.2) is 0 Å². The van der Waals surface area contributed by atoms with E-state index in [-0.39, 0.29) is 18.2 Å². The molecule has 0 atom stereocenters. The Morgan fingerprint density at radius 3 is 2.40 bits per heavy atom. The molecular weight excluding hydrogens is 552 g/mol. The lowest BCUT2D eigenvalue weighted by atomic mass is 10.2. The molecule has 7 nitrogen and oxygen atoms in total. The second kappa shape index (κ2) is 11.0. The second-order valence-electron chi connectivity index (χ2n) is 7.52. The number of hydrogen-bond donors (Lipinski definition) is 0. The van der Waals surface area contributed by atoms with Crippen LogP contribution in [0.4, 0.5) is 5.69 Å². The van der Waals surface area contributed by atoms with E-state index in [2.05, 4.69) is 15.9 Å². The molecule has 4 rings (SSSR count). The minimum absolute atomic E-state index is 0.0358. The number of halogens is 1. The third-order valence-electron chi connectivity index (χ3n) is 5.17. The largest absolute Gasteiger partial charge is 0.497 e. The van der Waals surface area contributed by atoms with Gasteiger partial charge in [-0.3, -0.25) is 19.8 Å². The van der Waals surface area contributed by atoms with Gasteiger partial charge in [-0.15, -0.1) is 0 Å². The molecular formula is C25H19BrN2O5S2. The average molecular weight is 571 g/mol. The maximum Gasteiger partial charge on any atom is 0.269 e. The number of non-ortho nitro benzene ring substituents is 1. The van der Waals surface area contributed by atoms with E-state index in [0.717, 1.165) is 26.9 Å². The van der Waals surface area contributed by atoms with Gasteiger partial charge >= 0.3 is 0 Å². The molecule has 0 N–H and O–H groups in total. The number of amides is 1. The molecule has 0 unspecified atom stereocenters. The number of rotatable bonds is 8. The Hall–Kier alpha value is -3.21. The van der Waals surface area contributed by atoms with Crippen molar-refractivity contribution in [3.05, 3.63) is 103 Å². The van der Waals surface area contributed by atoms with Crippen molar-refractivity contribution in [2.75, 3.05) is 7.11 Å². The predicted molar refractivity (Wildman–Crippen MR) is 143 cm³/mol. The van der Waals surface area contributed by atoms with Crippen molar-refractivity contribution in [3.63, 3.8) is 0 Å². The van der Waals surface area contributed by atoms with Crippen molar-refractivity contribution in [2.24, 2.45) is 0 Å².